The van der Waals surface area contributed by atoms with Crippen molar-refractivity contribution in [1.29, 1.82) is 0 Å². The number of aromatic nitrogens is 4. The van der Waals surface area contributed by atoms with Gasteiger partial charge in [-0.15, -0.1) is 0 Å². The Hall–Kier alpha value is -7.69. The lowest BCUT2D eigenvalue weighted by atomic mass is 9.88. The number of hydrogen-bond acceptors (Lipinski definition) is 3. The Labute approximate surface area is 330 Å². The highest BCUT2D eigenvalue weighted by molar-refractivity contribution is 6.21. The summed E-state index contributed by atoms with van der Waals surface area (Å²) in [7, 11) is 0. The fourth-order valence-electron chi connectivity index (χ4n) is 8.47. The topological polar surface area (TPSA) is 43.6 Å². The highest BCUT2D eigenvalue weighted by atomic mass is 15.0. The van der Waals surface area contributed by atoms with Crippen LogP contribution in [-0.4, -0.2) is 19.5 Å². The van der Waals surface area contributed by atoms with Crippen LogP contribution in [-0.2, 0) is 0 Å². The maximum absolute atomic E-state index is 5.43. The fourth-order valence-corrected chi connectivity index (χ4v) is 8.47. The number of nitrogens with zero attached hydrogens (tertiary/aromatic N) is 4. The minimum Gasteiger partial charge on any atom is -0.309 e. The molecule has 4 heteroatoms. The van der Waals surface area contributed by atoms with Crippen LogP contribution in [0.1, 0.15) is 0 Å². The van der Waals surface area contributed by atoms with Gasteiger partial charge in [0.15, 0.2) is 5.82 Å². The van der Waals surface area contributed by atoms with Crippen LogP contribution in [0.25, 0.3) is 105 Å². The van der Waals surface area contributed by atoms with E-state index in [0.29, 0.717) is 5.82 Å². The summed E-state index contributed by atoms with van der Waals surface area (Å²) in [6.07, 6.45) is 1.83. The second-order valence-electron chi connectivity index (χ2n) is 14.4. The second-order valence-corrected chi connectivity index (χ2v) is 14.4. The first kappa shape index (κ1) is 32.7. The second kappa shape index (κ2) is 13.6. The van der Waals surface area contributed by atoms with E-state index in [1.54, 1.807) is 0 Å². The molecule has 0 amide bonds. The van der Waals surface area contributed by atoms with Crippen LogP contribution in [0.3, 0.4) is 0 Å². The van der Waals surface area contributed by atoms with Crippen LogP contribution >= 0.6 is 0 Å². The van der Waals surface area contributed by atoms with E-state index in [2.05, 4.69) is 192 Å². The fraction of sp³-hybridized carbons (Fsp3) is 0. The van der Waals surface area contributed by atoms with Crippen LogP contribution in [0.15, 0.2) is 206 Å². The summed E-state index contributed by atoms with van der Waals surface area (Å²) in [4.78, 5) is 15.4. The molecular weight excluding hydrogens is 693 g/mol. The van der Waals surface area contributed by atoms with E-state index in [4.69, 9.17) is 9.97 Å². The summed E-state index contributed by atoms with van der Waals surface area (Å²) >= 11 is 0. The lowest BCUT2D eigenvalue weighted by Gasteiger charge is -2.18. The summed E-state index contributed by atoms with van der Waals surface area (Å²) in [5, 5.41) is 7.06. The van der Waals surface area contributed by atoms with Crippen LogP contribution in [0.4, 0.5) is 0 Å². The smallest absolute Gasteiger partial charge is 0.161 e. The van der Waals surface area contributed by atoms with Gasteiger partial charge in [-0.2, -0.15) is 0 Å². The van der Waals surface area contributed by atoms with Crippen molar-refractivity contribution in [2.75, 3.05) is 0 Å². The highest BCUT2D eigenvalue weighted by Gasteiger charge is 2.20. The number of fused-ring (bicyclic) bond motifs is 5. The Kier molecular flexibility index (Phi) is 7.78. The summed E-state index contributed by atoms with van der Waals surface area (Å²) in [5.74, 6) is 0.690. The van der Waals surface area contributed by atoms with Crippen LogP contribution in [0, 0.1) is 0 Å². The molecule has 0 atom stereocenters. The molecule has 8 aromatic carbocycles. The van der Waals surface area contributed by atoms with Crippen molar-refractivity contribution in [3.63, 3.8) is 0 Å². The van der Waals surface area contributed by atoms with Gasteiger partial charge in [0.05, 0.1) is 28.1 Å². The predicted octanol–water partition coefficient (Wildman–Crippen LogP) is 13.6. The van der Waals surface area contributed by atoms with Gasteiger partial charge in [-0.1, -0.05) is 158 Å². The molecule has 0 fully saturated rings. The molecular formula is C53H34N4. The van der Waals surface area contributed by atoms with Gasteiger partial charge in [0.1, 0.15) is 0 Å². The lowest BCUT2D eigenvalue weighted by molar-refractivity contribution is 1.17. The molecule has 0 aliphatic heterocycles. The van der Waals surface area contributed by atoms with Gasteiger partial charge in [-0.25, -0.2) is 9.97 Å². The summed E-state index contributed by atoms with van der Waals surface area (Å²) < 4.78 is 2.35. The Morgan fingerprint density at radius 3 is 1.28 bits per heavy atom. The maximum Gasteiger partial charge on any atom is 0.161 e. The quantitative estimate of drug-likeness (QED) is 0.160. The predicted molar refractivity (Wildman–Crippen MR) is 236 cm³/mol. The van der Waals surface area contributed by atoms with Gasteiger partial charge in [0.25, 0.3) is 0 Å². The number of para-hydroxylation sites is 2. The zero-order chi connectivity index (χ0) is 37.7. The van der Waals surface area contributed by atoms with Gasteiger partial charge in [-0.3, -0.25) is 4.98 Å². The van der Waals surface area contributed by atoms with Gasteiger partial charge in [0, 0.05) is 44.9 Å². The van der Waals surface area contributed by atoms with E-state index in [0.717, 1.165) is 55.8 Å². The first-order valence-corrected chi connectivity index (χ1v) is 19.3. The normalized spacial score (nSPS) is 11.5. The van der Waals surface area contributed by atoms with E-state index >= 15 is 0 Å². The van der Waals surface area contributed by atoms with Crippen LogP contribution < -0.4 is 0 Å². The summed E-state index contributed by atoms with van der Waals surface area (Å²) in [6.45, 7) is 0. The molecule has 0 saturated carbocycles. The monoisotopic (exact) mass is 726 g/mol. The zero-order valence-corrected chi connectivity index (χ0v) is 30.9. The molecule has 3 heterocycles. The zero-order valence-electron chi connectivity index (χ0n) is 30.9. The highest BCUT2D eigenvalue weighted by Crippen LogP contribution is 2.43. The Morgan fingerprint density at radius 2 is 0.754 bits per heavy atom. The molecule has 57 heavy (non-hydrogen) atoms. The van der Waals surface area contributed by atoms with E-state index in [1.165, 1.54) is 43.7 Å². The van der Waals surface area contributed by atoms with Crippen molar-refractivity contribution >= 4 is 43.4 Å². The maximum atomic E-state index is 5.43. The molecule has 0 radical (unpaired) electrons. The third kappa shape index (κ3) is 5.58. The van der Waals surface area contributed by atoms with Gasteiger partial charge in [0.2, 0.25) is 0 Å². The van der Waals surface area contributed by atoms with Crippen molar-refractivity contribution in [3.05, 3.63) is 206 Å². The third-order valence-corrected chi connectivity index (χ3v) is 11.1. The average molecular weight is 727 g/mol. The van der Waals surface area contributed by atoms with Crippen molar-refractivity contribution < 1.29 is 0 Å². The SMILES string of the molecule is c1ccc(-c2c3ccccc3c(-c3nc(-c4ccc(-c5ccccn5)cc4)cc(-c4ccc(-n5c6ccccc6c6ccccc65)cc4)n3)c3ccccc23)cc1. The van der Waals surface area contributed by atoms with Crippen molar-refractivity contribution in [2.24, 2.45) is 0 Å². The molecule has 0 spiro atoms. The molecule has 11 aromatic rings. The molecule has 266 valence electrons. The molecule has 11 rings (SSSR count). The first-order valence-electron chi connectivity index (χ1n) is 19.3. The van der Waals surface area contributed by atoms with E-state index < -0.39 is 0 Å². The average Bonchev–Trinajstić information content (AvgIpc) is 3.63. The molecule has 0 unspecified atom stereocenters. The molecule has 4 nitrogen and oxygen atoms in total. The lowest BCUT2D eigenvalue weighted by Crippen LogP contribution is -1.99. The molecule has 0 saturated heterocycles. The third-order valence-electron chi connectivity index (χ3n) is 11.1. The molecule has 0 N–H and O–H groups in total. The van der Waals surface area contributed by atoms with E-state index in [1.807, 2.05) is 24.4 Å². The summed E-state index contributed by atoms with van der Waals surface area (Å²) in [6, 6.07) is 70.7. The number of hydrogen-bond donors (Lipinski definition) is 0. The Balaban J connectivity index is 1.12. The standard InChI is InChI=1S/C53H34N4/c1-2-14-38(15-3-1)51-42-18-4-6-20-44(42)52(45-21-7-5-19-43(45)51)53-55-47(36-27-25-35(26-28-36)46-22-12-13-33-54-46)34-48(56-53)37-29-31-39(32-30-37)57-49-23-10-8-16-40(49)41-17-9-11-24-50(41)57/h1-34H. The Bertz CT molecular complexity index is 3150. The summed E-state index contributed by atoms with van der Waals surface area (Å²) in [5.41, 5.74) is 12.6. The first-order chi connectivity index (χ1) is 28.3. The molecule has 0 aliphatic carbocycles. The minimum atomic E-state index is 0.690. The van der Waals surface area contributed by atoms with E-state index in [-0.39, 0.29) is 0 Å². The number of benzene rings is 8. The number of pyridine rings is 1. The largest absolute Gasteiger partial charge is 0.309 e. The van der Waals surface area contributed by atoms with Gasteiger partial charge >= 0.3 is 0 Å². The van der Waals surface area contributed by atoms with Crippen molar-refractivity contribution in [1.82, 2.24) is 19.5 Å². The molecule has 0 aliphatic rings. The number of rotatable bonds is 6. The molecule has 3 aromatic heterocycles. The van der Waals surface area contributed by atoms with Crippen LogP contribution in [0.2, 0.25) is 0 Å². The van der Waals surface area contributed by atoms with Crippen molar-refractivity contribution in [3.8, 4) is 62.0 Å². The van der Waals surface area contributed by atoms with Gasteiger partial charge < -0.3 is 4.57 Å². The van der Waals surface area contributed by atoms with E-state index in [9.17, 15) is 0 Å². The van der Waals surface area contributed by atoms with Crippen molar-refractivity contribution in [2.45, 2.75) is 0 Å². The minimum absolute atomic E-state index is 0.690. The molecule has 0 bridgehead atoms. The van der Waals surface area contributed by atoms with Gasteiger partial charge in [-0.05, 0) is 75.1 Å². The van der Waals surface area contributed by atoms with Crippen LogP contribution in [0.5, 0.6) is 0 Å². The Morgan fingerprint density at radius 1 is 0.316 bits per heavy atom.